The van der Waals surface area contributed by atoms with E-state index >= 15 is 0 Å². The monoisotopic (exact) mass is 195 g/mol. The van der Waals surface area contributed by atoms with Gasteiger partial charge in [-0.2, -0.15) is 5.10 Å². The van der Waals surface area contributed by atoms with Gasteiger partial charge in [-0.3, -0.25) is 4.68 Å². The maximum Gasteiger partial charge on any atom is 0.0632 e. The molecule has 0 saturated carbocycles. The molecular weight excluding hydrogens is 180 g/mol. The van der Waals surface area contributed by atoms with Crippen molar-refractivity contribution in [2.45, 2.75) is 19.7 Å². The van der Waals surface area contributed by atoms with Crippen LogP contribution in [-0.4, -0.2) is 9.78 Å². The fourth-order valence-electron chi connectivity index (χ4n) is 0.419. The summed E-state index contributed by atoms with van der Waals surface area (Å²) in [6, 6.07) is 0. The Bertz CT molecular complexity index is 382. The van der Waals surface area contributed by atoms with Crippen molar-refractivity contribution in [2.24, 2.45) is 0 Å². The molecule has 1 heterocycles. The molecule has 0 N–H and O–H groups in total. The Morgan fingerprint density at radius 2 is 3.00 bits per heavy atom. The summed E-state index contributed by atoms with van der Waals surface area (Å²) < 4.78 is 52.0. The van der Waals surface area contributed by atoms with Crippen molar-refractivity contribution in [1.82, 2.24) is 9.78 Å². The molecule has 0 saturated heterocycles. The molecule has 0 amide bonds. The first-order chi connectivity index (χ1) is 7.00. The molecule has 0 unspecified atom stereocenters. The molecule has 1 rings (SSSR count). The SMILES string of the molecule is [2H]C([2H])([2H])C([2H])([2H])C([2H])([2H])n1cc(Br)cn1. The normalized spacial score (nSPS) is 26.1. The average Bonchev–Trinajstić information content (AvgIpc) is 2.49. The van der Waals surface area contributed by atoms with Gasteiger partial charge in [0, 0.05) is 19.5 Å². The second-order valence-corrected chi connectivity index (χ2v) is 2.26. The highest BCUT2D eigenvalue weighted by Crippen LogP contribution is 2.05. The first kappa shape index (κ1) is 2.09. The number of aromatic nitrogens is 2. The van der Waals surface area contributed by atoms with Crippen molar-refractivity contribution < 1.29 is 9.60 Å². The van der Waals surface area contributed by atoms with Gasteiger partial charge in [0.05, 0.1) is 13.4 Å². The lowest BCUT2D eigenvalue weighted by Gasteiger charge is -1.93. The molecule has 0 spiro atoms. The molecule has 0 aliphatic rings. The molecule has 0 aliphatic heterocycles. The summed E-state index contributed by atoms with van der Waals surface area (Å²) >= 11 is 3.03. The van der Waals surface area contributed by atoms with Crippen LogP contribution in [0.4, 0.5) is 0 Å². The van der Waals surface area contributed by atoms with Gasteiger partial charge in [0.1, 0.15) is 0 Å². The van der Waals surface area contributed by atoms with Gasteiger partial charge in [0.2, 0.25) is 0 Å². The number of hydrogen-bond donors (Lipinski definition) is 0. The average molecular weight is 196 g/mol. The lowest BCUT2D eigenvalue weighted by molar-refractivity contribution is 0.602. The molecule has 3 heteroatoms. The van der Waals surface area contributed by atoms with E-state index in [-0.39, 0.29) is 0 Å². The van der Waals surface area contributed by atoms with E-state index in [0.717, 1.165) is 0 Å². The fourth-order valence-corrected chi connectivity index (χ4v) is 0.705. The molecular formula is C6H9BrN2. The standard InChI is InChI=1S/C6H9BrN2/c1-2-3-9-5-6(7)4-8-9/h4-5H,2-3H2,1H3/i1D3,2D2,3D2. The highest BCUT2D eigenvalue weighted by atomic mass is 79.9. The molecule has 0 bridgehead atoms. The van der Waals surface area contributed by atoms with Crippen LogP contribution in [0.5, 0.6) is 0 Å². The molecule has 50 valence electrons. The topological polar surface area (TPSA) is 17.8 Å². The highest BCUT2D eigenvalue weighted by molar-refractivity contribution is 9.10. The summed E-state index contributed by atoms with van der Waals surface area (Å²) in [5, 5.41) is 3.57. The summed E-state index contributed by atoms with van der Waals surface area (Å²) in [6.45, 7) is -5.83. The van der Waals surface area contributed by atoms with Gasteiger partial charge >= 0.3 is 0 Å². The van der Waals surface area contributed by atoms with Crippen LogP contribution in [0.3, 0.4) is 0 Å². The Balaban J connectivity index is 3.21. The van der Waals surface area contributed by atoms with Crippen LogP contribution in [0, 0.1) is 0 Å². The van der Waals surface area contributed by atoms with Crippen LogP contribution in [-0.2, 0) is 6.50 Å². The lowest BCUT2D eigenvalue weighted by atomic mass is 10.5. The first-order valence-corrected chi connectivity index (χ1v) is 3.00. The van der Waals surface area contributed by atoms with Crippen LogP contribution in [0.15, 0.2) is 16.9 Å². The van der Waals surface area contributed by atoms with Crippen LogP contribution >= 0.6 is 15.9 Å². The number of aryl methyl sites for hydroxylation is 1. The second kappa shape index (κ2) is 3.01. The molecule has 0 aromatic carbocycles. The molecule has 1 aromatic heterocycles. The van der Waals surface area contributed by atoms with E-state index < -0.39 is 19.7 Å². The van der Waals surface area contributed by atoms with E-state index in [4.69, 9.17) is 9.60 Å². The van der Waals surface area contributed by atoms with Crippen molar-refractivity contribution in [3.8, 4) is 0 Å². The maximum absolute atomic E-state index is 7.55. The molecule has 1 aromatic rings. The summed E-state index contributed by atoms with van der Waals surface area (Å²) in [4.78, 5) is 0. The number of halogens is 1. The predicted octanol–water partition coefficient (Wildman–Crippen LogP) is 2.06. The molecule has 0 atom stereocenters. The second-order valence-electron chi connectivity index (χ2n) is 1.34. The summed E-state index contributed by atoms with van der Waals surface area (Å²) in [5.74, 6) is 0. The van der Waals surface area contributed by atoms with Gasteiger partial charge in [-0.05, 0) is 22.3 Å². The molecule has 0 radical (unpaired) electrons. The van der Waals surface area contributed by atoms with Gasteiger partial charge in [0.15, 0.2) is 0 Å². The minimum atomic E-state index is -3.07. The smallest absolute Gasteiger partial charge is 0.0632 e. The van der Waals surface area contributed by atoms with E-state index in [0.29, 0.717) is 9.15 Å². The summed E-state index contributed by atoms with van der Waals surface area (Å²) in [6.07, 6.45) is -0.595. The summed E-state index contributed by atoms with van der Waals surface area (Å²) in [7, 11) is 0. The predicted molar refractivity (Wildman–Crippen MR) is 40.2 cm³/mol. The molecule has 9 heavy (non-hydrogen) atoms. The Morgan fingerprint density at radius 1 is 2.11 bits per heavy atom. The van der Waals surface area contributed by atoms with Crippen molar-refractivity contribution in [1.29, 1.82) is 0 Å². The van der Waals surface area contributed by atoms with Crippen molar-refractivity contribution in [2.75, 3.05) is 0 Å². The van der Waals surface area contributed by atoms with Gasteiger partial charge < -0.3 is 0 Å². The zero-order valence-corrected chi connectivity index (χ0v) is 6.01. The van der Waals surface area contributed by atoms with E-state index in [1.54, 1.807) is 0 Å². The van der Waals surface area contributed by atoms with Gasteiger partial charge in [0.25, 0.3) is 0 Å². The largest absolute Gasteiger partial charge is 0.272 e. The fraction of sp³-hybridized carbons (Fsp3) is 0.500. The molecule has 0 aliphatic carbocycles. The minimum absolute atomic E-state index is 0.442. The first-order valence-electron chi connectivity index (χ1n) is 5.71. The third-order valence-electron chi connectivity index (χ3n) is 0.722. The lowest BCUT2D eigenvalue weighted by Crippen LogP contribution is -1.95. The highest BCUT2D eigenvalue weighted by Gasteiger charge is 1.90. The van der Waals surface area contributed by atoms with Crippen molar-refractivity contribution in [3.05, 3.63) is 16.9 Å². The Kier molecular flexibility index (Phi) is 0.699. The Morgan fingerprint density at radius 3 is 3.56 bits per heavy atom. The van der Waals surface area contributed by atoms with Gasteiger partial charge in [-0.1, -0.05) is 6.85 Å². The van der Waals surface area contributed by atoms with E-state index in [1.165, 1.54) is 12.4 Å². The zero-order valence-electron chi connectivity index (χ0n) is 11.4. The zero-order chi connectivity index (χ0) is 12.8. The third-order valence-corrected chi connectivity index (χ3v) is 1.13. The third kappa shape index (κ3) is 1.82. The number of nitrogens with zero attached hydrogens (tertiary/aromatic N) is 2. The maximum atomic E-state index is 7.55. The van der Waals surface area contributed by atoms with Gasteiger partial charge in [-0.15, -0.1) is 0 Å². The van der Waals surface area contributed by atoms with Crippen LogP contribution in [0.1, 0.15) is 22.8 Å². The Labute approximate surface area is 72.8 Å². The van der Waals surface area contributed by atoms with E-state index in [2.05, 4.69) is 21.0 Å². The molecule has 2 nitrogen and oxygen atoms in total. The minimum Gasteiger partial charge on any atom is -0.272 e. The van der Waals surface area contributed by atoms with Crippen LogP contribution in [0.2, 0.25) is 0 Å². The summed E-state index contributed by atoms with van der Waals surface area (Å²) in [5.41, 5.74) is 0. The Hall–Kier alpha value is -0.310. The van der Waals surface area contributed by atoms with Crippen LogP contribution in [0.25, 0.3) is 0 Å². The van der Waals surface area contributed by atoms with E-state index in [9.17, 15) is 0 Å². The van der Waals surface area contributed by atoms with Gasteiger partial charge in [-0.25, -0.2) is 0 Å². The number of hydrogen-bond acceptors (Lipinski definition) is 1. The van der Waals surface area contributed by atoms with E-state index in [1.807, 2.05) is 0 Å². The van der Waals surface area contributed by atoms with Crippen molar-refractivity contribution >= 4 is 15.9 Å². The van der Waals surface area contributed by atoms with Crippen molar-refractivity contribution in [3.63, 3.8) is 0 Å². The molecule has 0 fully saturated rings. The number of rotatable bonds is 2. The quantitative estimate of drug-likeness (QED) is 0.707. The van der Waals surface area contributed by atoms with Crippen LogP contribution < -0.4 is 0 Å².